The van der Waals surface area contributed by atoms with Gasteiger partial charge in [0.25, 0.3) is 5.91 Å². The first-order chi connectivity index (χ1) is 14.5. The zero-order valence-electron chi connectivity index (χ0n) is 16.4. The number of ether oxygens (including phenoxy) is 1. The van der Waals surface area contributed by atoms with Crippen molar-refractivity contribution < 1.29 is 19.7 Å². The minimum absolute atomic E-state index is 0.108. The fourth-order valence-corrected chi connectivity index (χ4v) is 6.57. The Morgan fingerprint density at radius 1 is 1.23 bits per heavy atom. The van der Waals surface area contributed by atoms with Crippen molar-refractivity contribution in [3.8, 4) is 17.2 Å². The molecule has 7 nitrogen and oxygen atoms in total. The lowest BCUT2D eigenvalue weighted by molar-refractivity contribution is -0.0497. The van der Waals surface area contributed by atoms with E-state index in [0.29, 0.717) is 36.3 Å². The van der Waals surface area contributed by atoms with Crippen LogP contribution in [0.25, 0.3) is 0 Å². The number of aromatic hydroxyl groups is 2. The second-order valence-electron chi connectivity index (χ2n) is 8.97. The van der Waals surface area contributed by atoms with E-state index in [0.717, 1.165) is 23.5 Å². The van der Waals surface area contributed by atoms with Crippen molar-refractivity contribution in [1.82, 2.24) is 10.4 Å². The highest BCUT2D eigenvalue weighted by atomic mass is 16.5. The van der Waals surface area contributed by atoms with E-state index in [9.17, 15) is 20.2 Å². The molecule has 0 radical (unpaired) electrons. The fourth-order valence-electron chi connectivity index (χ4n) is 6.57. The number of phenols is 2. The molecule has 2 fully saturated rings. The summed E-state index contributed by atoms with van der Waals surface area (Å²) < 4.78 is 6.39. The van der Waals surface area contributed by atoms with E-state index in [1.807, 2.05) is 18.2 Å². The highest BCUT2D eigenvalue weighted by Gasteiger charge is 2.65. The van der Waals surface area contributed by atoms with Crippen LogP contribution in [0.1, 0.15) is 40.7 Å². The van der Waals surface area contributed by atoms with Gasteiger partial charge in [-0.05, 0) is 50.3 Å². The number of hydrogen-bond acceptors (Lipinski definition) is 6. The van der Waals surface area contributed by atoms with Crippen LogP contribution < -0.4 is 10.1 Å². The van der Waals surface area contributed by atoms with Gasteiger partial charge < -0.3 is 30.5 Å². The molecule has 1 spiro atoms. The van der Waals surface area contributed by atoms with Crippen LogP contribution in [-0.4, -0.2) is 45.9 Å². The van der Waals surface area contributed by atoms with E-state index in [-0.39, 0.29) is 41.5 Å². The number of benzene rings is 2. The first-order valence-corrected chi connectivity index (χ1v) is 10.6. The number of carbonyl (C=O) groups is 1. The lowest BCUT2D eigenvalue weighted by Gasteiger charge is -2.61. The predicted octanol–water partition coefficient (Wildman–Crippen LogP) is 2.43. The molecule has 2 aliphatic heterocycles. The SMILES string of the molecule is O=C(N[C@H]1CC[C@H]2[C@H]3Cc4c(O)c(O)cc5c4[C@@]2(CCN3[O-])[C@H]1O5)c1ccccc1. The summed E-state index contributed by atoms with van der Waals surface area (Å²) in [6.45, 7) is 0.404. The molecule has 0 unspecified atom stereocenters. The van der Waals surface area contributed by atoms with Gasteiger partial charge >= 0.3 is 0 Å². The molecular weight excluding hydrogens is 384 g/mol. The van der Waals surface area contributed by atoms with Crippen LogP contribution in [0.2, 0.25) is 0 Å². The third kappa shape index (κ3) is 2.19. The molecular formula is C23H23N2O5-. The number of hydroxylamine groups is 2. The van der Waals surface area contributed by atoms with Gasteiger partial charge in [-0.25, -0.2) is 0 Å². The van der Waals surface area contributed by atoms with Gasteiger partial charge in [-0.2, -0.15) is 0 Å². The Balaban J connectivity index is 1.44. The number of amides is 1. The summed E-state index contributed by atoms with van der Waals surface area (Å²) in [6, 6.07) is 10.1. The van der Waals surface area contributed by atoms with Crippen LogP contribution in [-0.2, 0) is 11.8 Å². The third-order valence-electron chi connectivity index (χ3n) is 7.73. The molecule has 4 aliphatic rings. The minimum atomic E-state index is -0.424. The molecule has 1 saturated carbocycles. The highest BCUT2D eigenvalue weighted by molar-refractivity contribution is 5.94. The number of rotatable bonds is 2. The van der Waals surface area contributed by atoms with Crippen molar-refractivity contribution >= 4 is 5.91 Å². The van der Waals surface area contributed by atoms with Gasteiger partial charge in [-0.3, -0.25) is 4.79 Å². The Morgan fingerprint density at radius 2 is 2.03 bits per heavy atom. The van der Waals surface area contributed by atoms with E-state index < -0.39 is 5.41 Å². The summed E-state index contributed by atoms with van der Waals surface area (Å²) >= 11 is 0. The predicted molar refractivity (Wildman–Crippen MR) is 108 cm³/mol. The standard InChI is InChI=1S/C23H23N2O5/c26-17-11-18-19-13(20(17)27)10-16-14-6-7-15(24-22(28)12-4-2-1-3-5-12)21(30-18)23(14,19)8-9-25(16)29/h1-5,11,14-16,21,26-27H,6-10H2,(H,24,28)/q-1/t14-,15-,16+,21-,23-/m0/s1. The zero-order chi connectivity index (χ0) is 20.6. The quantitative estimate of drug-likeness (QED) is 0.661. The average molecular weight is 407 g/mol. The number of piperidine rings is 1. The Bertz CT molecular complexity index is 1040. The zero-order valence-corrected chi connectivity index (χ0v) is 16.4. The molecule has 3 N–H and O–H groups in total. The van der Waals surface area contributed by atoms with E-state index in [1.54, 1.807) is 12.1 Å². The summed E-state index contributed by atoms with van der Waals surface area (Å²) in [7, 11) is 0. The van der Waals surface area contributed by atoms with Crippen LogP contribution in [0.5, 0.6) is 17.2 Å². The van der Waals surface area contributed by atoms with Gasteiger partial charge in [0.2, 0.25) is 0 Å². The van der Waals surface area contributed by atoms with Crippen molar-refractivity contribution in [2.75, 3.05) is 6.54 Å². The van der Waals surface area contributed by atoms with Gasteiger partial charge in [0, 0.05) is 34.2 Å². The number of nitrogens with zero attached hydrogens (tertiary/aromatic N) is 1. The monoisotopic (exact) mass is 407 g/mol. The van der Waals surface area contributed by atoms with E-state index in [4.69, 9.17) is 4.74 Å². The summed E-state index contributed by atoms with van der Waals surface area (Å²) in [5.74, 6) is 0.170. The number of carbonyl (C=O) groups excluding carboxylic acids is 1. The second kappa shape index (κ2) is 6.12. The Morgan fingerprint density at radius 3 is 2.83 bits per heavy atom. The molecule has 1 amide bonds. The molecule has 2 bridgehead atoms. The summed E-state index contributed by atoms with van der Waals surface area (Å²) in [6.07, 6.45) is 2.24. The molecule has 30 heavy (non-hydrogen) atoms. The van der Waals surface area contributed by atoms with E-state index >= 15 is 0 Å². The number of hydrogen-bond donors (Lipinski definition) is 3. The summed E-state index contributed by atoms with van der Waals surface area (Å²) in [5.41, 5.74) is 1.74. The summed E-state index contributed by atoms with van der Waals surface area (Å²) in [4.78, 5) is 12.9. The molecule has 2 aromatic carbocycles. The van der Waals surface area contributed by atoms with Crippen LogP contribution in [0, 0.1) is 11.1 Å². The first-order valence-electron chi connectivity index (χ1n) is 10.6. The third-order valence-corrected chi connectivity index (χ3v) is 7.73. The Hall–Kier alpha value is -2.77. The number of phenolic OH excluding ortho intramolecular Hbond substituents is 2. The van der Waals surface area contributed by atoms with Gasteiger partial charge in [0.05, 0.1) is 6.04 Å². The maximum atomic E-state index is 12.9. The maximum absolute atomic E-state index is 12.9. The van der Waals surface area contributed by atoms with Gasteiger partial charge in [0.15, 0.2) is 11.5 Å². The van der Waals surface area contributed by atoms with Crippen LogP contribution >= 0.6 is 0 Å². The maximum Gasteiger partial charge on any atom is 0.251 e. The fraction of sp³-hybridized carbons (Fsp3) is 0.435. The Kier molecular flexibility index (Phi) is 3.68. The number of nitrogens with one attached hydrogen (secondary N) is 1. The van der Waals surface area contributed by atoms with Crippen molar-refractivity contribution in [3.63, 3.8) is 0 Å². The minimum Gasteiger partial charge on any atom is -0.785 e. The smallest absolute Gasteiger partial charge is 0.251 e. The topological polar surface area (TPSA) is 105 Å². The lowest BCUT2D eigenvalue weighted by atomic mass is 9.51. The normalized spacial score (nSPS) is 33.5. The molecule has 2 heterocycles. The van der Waals surface area contributed by atoms with E-state index in [1.165, 1.54) is 6.07 Å². The molecule has 0 aromatic heterocycles. The van der Waals surface area contributed by atoms with Crippen molar-refractivity contribution in [2.45, 2.75) is 49.3 Å². The molecule has 5 atom stereocenters. The second-order valence-corrected chi connectivity index (χ2v) is 8.97. The highest BCUT2D eigenvalue weighted by Crippen LogP contribution is 2.64. The van der Waals surface area contributed by atoms with Crippen molar-refractivity contribution in [3.05, 3.63) is 58.3 Å². The first kappa shape index (κ1) is 18.0. The molecule has 2 aromatic rings. The Labute approximate surface area is 173 Å². The molecule has 1 saturated heterocycles. The van der Waals surface area contributed by atoms with E-state index in [2.05, 4.69) is 5.32 Å². The van der Waals surface area contributed by atoms with Crippen LogP contribution in [0.3, 0.4) is 0 Å². The molecule has 7 heteroatoms. The summed E-state index contributed by atoms with van der Waals surface area (Å²) in [5, 5.41) is 37.8. The van der Waals surface area contributed by atoms with Gasteiger partial charge in [-0.1, -0.05) is 18.2 Å². The van der Waals surface area contributed by atoms with Gasteiger partial charge in [-0.15, -0.1) is 0 Å². The molecule has 6 rings (SSSR count). The van der Waals surface area contributed by atoms with Crippen LogP contribution in [0.15, 0.2) is 36.4 Å². The molecule has 2 aliphatic carbocycles. The largest absolute Gasteiger partial charge is 0.785 e. The van der Waals surface area contributed by atoms with Crippen molar-refractivity contribution in [1.29, 1.82) is 0 Å². The average Bonchev–Trinajstić information content (AvgIpc) is 3.08. The lowest BCUT2D eigenvalue weighted by Crippen LogP contribution is -2.68. The van der Waals surface area contributed by atoms with Gasteiger partial charge in [0.1, 0.15) is 11.9 Å². The molecule has 156 valence electrons. The van der Waals surface area contributed by atoms with Crippen LogP contribution in [0.4, 0.5) is 0 Å². The van der Waals surface area contributed by atoms with Crippen molar-refractivity contribution in [2.24, 2.45) is 5.92 Å².